The first kappa shape index (κ1) is 9.90. The smallest absolute Gasteiger partial charge is 0.138 e. The quantitative estimate of drug-likeness (QED) is 0.316. The van der Waals surface area contributed by atoms with Crippen molar-refractivity contribution in [1.82, 2.24) is 0 Å². The first-order valence-corrected chi connectivity index (χ1v) is 3.15. The van der Waals surface area contributed by atoms with Gasteiger partial charge in [-0.3, -0.25) is 0 Å². The molecule has 62 valence electrons. The molecular formula is C6H10N2O3. The Labute approximate surface area is 64.4 Å². The number of ether oxygens (including phenoxy) is 1. The van der Waals surface area contributed by atoms with Gasteiger partial charge in [-0.05, 0) is 0 Å². The maximum absolute atomic E-state index is 9.93. The van der Waals surface area contributed by atoms with Crippen molar-refractivity contribution in [1.29, 1.82) is 0 Å². The zero-order chi connectivity index (χ0) is 8.53. The minimum absolute atomic E-state index is 0.124. The van der Waals surface area contributed by atoms with Crippen molar-refractivity contribution in [2.45, 2.75) is 6.04 Å². The summed E-state index contributed by atoms with van der Waals surface area (Å²) in [5.41, 5.74) is 0. The topological polar surface area (TPSA) is 68.1 Å². The number of rotatable bonds is 7. The second kappa shape index (κ2) is 7.01. The number of nitrogens with zero attached hydrogens (tertiary/aromatic N) is 2. The molecule has 0 aromatic rings. The zero-order valence-corrected chi connectivity index (χ0v) is 6.10. The summed E-state index contributed by atoms with van der Waals surface area (Å²) < 4.78 is 4.88. The molecule has 0 saturated heterocycles. The van der Waals surface area contributed by atoms with E-state index in [0.29, 0.717) is 6.61 Å². The lowest BCUT2D eigenvalue weighted by Crippen LogP contribution is -2.16. The maximum Gasteiger partial charge on any atom is 0.138 e. The SMILES string of the molecule is C=CCOCC(CN=O)N=O. The second-order valence-corrected chi connectivity index (χ2v) is 1.90. The molecule has 0 amide bonds. The number of hydrogen-bond donors (Lipinski definition) is 0. The van der Waals surface area contributed by atoms with Gasteiger partial charge in [0.25, 0.3) is 0 Å². The van der Waals surface area contributed by atoms with Crippen LogP contribution in [0.2, 0.25) is 0 Å². The van der Waals surface area contributed by atoms with E-state index in [1.165, 1.54) is 0 Å². The fourth-order valence-electron chi connectivity index (χ4n) is 0.490. The lowest BCUT2D eigenvalue weighted by Gasteiger charge is -2.02. The third-order valence-corrected chi connectivity index (χ3v) is 0.980. The molecule has 11 heavy (non-hydrogen) atoms. The van der Waals surface area contributed by atoms with Gasteiger partial charge in [-0.2, -0.15) is 9.81 Å². The molecular weight excluding hydrogens is 148 g/mol. The largest absolute Gasteiger partial charge is 0.375 e. The predicted octanol–water partition coefficient (Wildman–Crippen LogP) is 1.09. The summed E-state index contributed by atoms with van der Waals surface area (Å²) in [5, 5.41) is 5.18. The van der Waals surface area contributed by atoms with Crippen LogP contribution >= 0.6 is 0 Å². The molecule has 0 aromatic carbocycles. The van der Waals surface area contributed by atoms with Crippen LogP contribution in [0.3, 0.4) is 0 Å². The molecule has 5 nitrogen and oxygen atoms in total. The molecule has 1 atom stereocenters. The van der Waals surface area contributed by atoms with Crippen LogP contribution in [-0.2, 0) is 4.74 Å². The molecule has 0 spiro atoms. The van der Waals surface area contributed by atoms with Crippen LogP contribution in [0.1, 0.15) is 0 Å². The molecule has 0 rings (SSSR count). The van der Waals surface area contributed by atoms with Gasteiger partial charge in [-0.15, -0.1) is 6.58 Å². The van der Waals surface area contributed by atoms with Gasteiger partial charge in [-0.25, -0.2) is 0 Å². The highest BCUT2D eigenvalue weighted by atomic mass is 16.5. The molecule has 5 heteroatoms. The van der Waals surface area contributed by atoms with Gasteiger partial charge < -0.3 is 4.74 Å². The maximum atomic E-state index is 9.93. The highest BCUT2D eigenvalue weighted by molar-refractivity contribution is 4.69. The number of hydrogen-bond acceptors (Lipinski definition) is 5. The van der Waals surface area contributed by atoms with Gasteiger partial charge >= 0.3 is 0 Å². The molecule has 0 bridgehead atoms. The molecule has 0 N–H and O–H groups in total. The zero-order valence-electron chi connectivity index (χ0n) is 6.10. The van der Waals surface area contributed by atoms with Gasteiger partial charge in [-0.1, -0.05) is 16.4 Å². The van der Waals surface area contributed by atoms with Gasteiger partial charge in [0, 0.05) is 0 Å². The van der Waals surface area contributed by atoms with Crippen molar-refractivity contribution in [3.05, 3.63) is 22.5 Å². The third-order valence-electron chi connectivity index (χ3n) is 0.980. The first-order valence-electron chi connectivity index (χ1n) is 3.15. The van der Waals surface area contributed by atoms with E-state index >= 15 is 0 Å². The summed E-state index contributed by atoms with van der Waals surface area (Å²) in [6.07, 6.45) is 1.55. The van der Waals surface area contributed by atoms with Gasteiger partial charge in [0.1, 0.15) is 12.6 Å². The molecule has 0 aromatic heterocycles. The molecule has 1 unspecified atom stereocenters. The fraction of sp³-hybridized carbons (Fsp3) is 0.667. The molecule has 0 fully saturated rings. The summed E-state index contributed by atoms with van der Waals surface area (Å²) in [5.74, 6) is 0. The van der Waals surface area contributed by atoms with Crippen molar-refractivity contribution in [3.63, 3.8) is 0 Å². The normalized spacial score (nSPS) is 12.0. The average molecular weight is 158 g/mol. The Balaban J connectivity index is 3.42. The van der Waals surface area contributed by atoms with Crippen LogP contribution < -0.4 is 0 Å². The van der Waals surface area contributed by atoms with Crippen molar-refractivity contribution in [3.8, 4) is 0 Å². The van der Waals surface area contributed by atoms with E-state index in [1.807, 2.05) is 0 Å². The van der Waals surface area contributed by atoms with E-state index in [9.17, 15) is 9.81 Å². The molecule has 0 aliphatic heterocycles. The molecule has 0 aliphatic carbocycles. The standard InChI is InChI=1S/C6H10N2O3/c1-2-3-11-5-6(8-10)4-7-9/h2,6H,1,3-5H2. The minimum atomic E-state index is -0.660. The van der Waals surface area contributed by atoms with E-state index in [2.05, 4.69) is 16.9 Å². The Morgan fingerprint density at radius 2 is 2.27 bits per heavy atom. The summed E-state index contributed by atoms with van der Waals surface area (Å²) in [6.45, 7) is 3.76. The molecule has 0 radical (unpaired) electrons. The highest BCUT2D eigenvalue weighted by Crippen LogP contribution is 1.92. The minimum Gasteiger partial charge on any atom is -0.375 e. The van der Waals surface area contributed by atoms with E-state index in [4.69, 9.17) is 4.74 Å². The van der Waals surface area contributed by atoms with E-state index in [0.717, 1.165) is 0 Å². The summed E-state index contributed by atoms with van der Waals surface area (Å²) >= 11 is 0. The lowest BCUT2D eigenvalue weighted by atomic mass is 10.3. The Hall–Kier alpha value is -1.10. The van der Waals surface area contributed by atoms with Crippen LogP contribution in [-0.4, -0.2) is 25.8 Å². The van der Waals surface area contributed by atoms with E-state index in [1.54, 1.807) is 6.08 Å². The third kappa shape index (κ3) is 5.35. The van der Waals surface area contributed by atoms with Crippen molar-refractivity contribution in [2.24, 2.45) is 10.4 Å². The summed E-state index contributed by atoms with van der Waals surface area (Å²) in [7, 11) is 0. The van der Waals surface area contributed by atoms with E-state index in [-0.39, 0.29) is 13.2 Å². The lowest BCUT2D eigenvalue weighted by molar-refractivity contribution is 0.149. The Morgan fingerprint density at radius 1 is 1.55 bits per heavy atom. The predicted molar refractivity (Wildman–Crippen MR) is 41.3 cm³/mol. The monoisotopic (exact) mass is 158 g/mol. The molecule has 0 saturated carbocycles. The fourth-order valence-corrected chi connectivity index (χ4v) is 0.490. The number of nitroso groups, excluding NO2 is 2. The van der Waals surface area contributed by atoms with Gasteiger partial charge in [0.15, 0.2) is 0 Å². The van der Waals surface area contributed by atoms with Gasteiger partial charge in [0.2, 0.25) is 0 Å². The highest BCUT2D eigenvalue weighted by Gasteiger charge is 2.07. The Bertz CT molecular complexity index is 138. The van der Waals surface area contributed by atoms with Gasteiger partial charge in [0.05, 0.1) is 13.2 Å². The van der Waals surface area contributed by atoms with Crippen molar-refractivity contribution in [2.75, 3.05) is 19.8 Å². The average Bonchev–Trinajstić information content (AvgIpc) is 2.03. The molecule has 0 heterocycles. The molecule has 0 aliphatic rings. The van der Waals surface area contributed by atoms with Crippen molar-refractivity contribution < 1.29 is 4.74 Å². The Morgan fingerprint density at radius 3 is 2.73 bits per heavy atom. The Kier molecular flexibility index (Phi) is 6.31. The van der Waals surface area contributed by atoms with Crippen LogP contribution in [0.25, 0.3) is 0 Å². The van der Waals surface area contributed by atoms with Crippen LogP contribution in [0, 0.1) is 9.81 Å². The van der Waals surface area contributed by atoms with E-state index < -0.39 is 6.04 Å². The van der Waals surface area contributed by atoms with Crippen molar-refractivity contribution >= 4 is 0 Å². The first-order chi connectivity index (χ1) is 5.35. The van der Waals surface area contributed by atoms with Crippen LogP contribution in [0.15, 0.2) is 23.0 Å². The second-order valence-electron chi connectivity index (χ2n) is 1.90. The van der Waals surface area contributed by atoms with Crippen LogP contribution in [0.5, 0.6) is 0 Å². The summed E-state index contributed by atoms with van der Waals surface area (Å²) in [4.78, 5) is 19.6. The van der Waals surface area contributed by atoms with Crippen LogP contribution in [0.4, 0.5) is 0 Å². The summed E-state index contributed by atoms with van der Waals surface area (Å²) in [6, 6.07) is -0.660.